The molecular weight excluding hydrogens is 314 g/mol. The zero-order valence-corrected chi connectivity index (χ0v) is 15.2. The van der Waals surface area contributed by atoms with Crippen LogP contribution in [-0.4, -0.2) is 20.1 Å². The van der Waals surface area contributed by atoms with Gasteiger partial charge in [0, 0.05) is 17.7 Å². The highest BCUT2D eigenvalue weighted by molar-refractivity contribution is 5.92. The fraction of sp³-hybridized carbons (Fsp3) is 0.286. The molecule has 0 aromatic heterocycles. The zero-order chi connectivity index (χ0) is 18.2. The van der Waals surface area contributed by atoms with Gasteiger partial charge in [0.05, 0.1) is 20.3 Å². The van der Waals surface area contributed by atoms with Gasteiger partial charge in [0.1, 0.15) is 11.5 Å². The van der Waals surface area contributed by atoms with Gasteiger partial charge < -0.3 is 14.8 Å². The lowest BCUT2D eigenvalue weighted by atomic mass is 9.96. The highest BCUT2D eigenvalue weighted by atomic mass is 16.5. The quantitative estimate of drug-likeness (QED) is 0.768. The lowest BCUT2D eigenvalue weighted by Gasteiger charge is -2.22. The lowest BCUT2D eigenvalue weighted by molar-refractivity contribution is -0.117. The summed E-state index contributed by atoms with van der Waals surface area (Å²) in [5, 5.41) is 3.07. The largest absolute Gasteiger partial charge is 0.497 e. The van der Waals surface area contributed by atoms with Gasteiger partial charge in [0.2, 0.25) is 5.91 Å². The Hall–Kier alpha value is -2.75. The molecule has 4 heteroatoms. The van der Waals surface area contributed by atoms with E-state index in [1.807, 2.05) is 42.5 Å². The van der Waals surface area contributed by atoms with E-state index < -0.39 is 0 Å². The van der Waals surface area contributed by atoms with E-state index in [0.29, 0.717) is 11.5 Å². The summed E-state index contributed by atoms with van der Waals surface area (Å²) in [7, 11) is 3.20. The number of hydrogen-bond acceptors (Lipinski definition) is 3. The number of carbonyl (C=O) groups excluding carboxylic acids is 1. The average molecular weight is 339 g/mol. The van der Waals surface area contributed by atoms with E-state index in [-0.39, 0.29) is 17.9 Å². The predicted octanol–water partition coefficient (Wildman–Crippen LogP) is 4.23. The molecule has 1 N–H and O–H groups in total. The molecule has 0 aliphatic rings. The topological polar surface area (TPSA) is 47.6 Å². The third kappa shape index (κ3) is 5.11. The van der Waals surface area contributed by atoms with Gasteiger partial charge in [0.25, 0.3) is 0 Å². The second-order valence-electron chi connectivity index (χ2n) is 6.08. The highest BCUT2D eigenvalue weighted by Gasteiger charge is 2.16. The Balaban J connectivity index is 2.12. The Morgan fingerprint density at radius 3 is 2.36 bits per heavy atom. The molecule has 0 heterocycles. The van der Waals surface area contributed by atoms with Crippen molar-refractivity contribution in [2.24, 2.45) is 5.92 Å². The molecule has 0 saturated heterocycles. The van der Waals surface area contributed by atoms with Gasteiger partial charge in [-0.05, 0) is 29.7 Å². The van der Waals surface area contributed by atoms with Crippen molar-refractivity contribution >= 4 is 12.0 Å². The maximum Gasteiger partial charge on any atom is 0.244 e. The first-order valence-corrected chi connectivity index (χ1v) is 8.30. The summed E-state index contributed by atoms with van der Waals surface area (Å²) in [5.41, 5.74) is 1.92. The van der Waals surface area contributed by atoms with E-state index in [0.717, 1.165) is 11.1 Å². The second-order valence-corrected chi connectivity index (χ2v) is 6.08. The van der Waals surface area contributed by atoms with Crippen molar-refractivity contribution in [2.45, 2.75) is 19.9 Å². The molecule has 132 valence electrons. The monoisotopic (exact) mass is 339 g/mol. The van der Waals surface area contributed by atoms with E-state index in [1.54, 1.807) is 26.4 Å². The average Bonchev–Trinajstić information content (AvgIpc) is 2.64. The molecule has 0 bridgehead atoms. The molecule has 4 nitrogen and oxygen atoms in total. The molecule has 0 saturated carbocycles. The molecule has 0 spiro atoms. The van der Waals surface area contributed by atoms with Crippen LogP contribution in [0.3, 0.4) is 0 Å². The first-order valence-electron chi connectivity index (χ1n) is 8.30. The van der Waals surface area contributed by atoms with E-state index in [2.05, 4.69) is 19.2 Å². The summed E-state index contributed by atoms with van der Waals surface area (Å²) < 4.78 is 10.5. The van der Waals surface area contributed by atoms with Crippen LogP contribution in [0.25, 0.3) is 6.08 Å². The molecule has 2 aromatic rings. The van der Waals surface area contributed by atoms with Crippen LogP contribution < -0.4 is 14.8 Å². The van der Waals surface area contributed by atoms with Crippen LogP contribution in [0.1, 0.15) is 31.0 Å². The van der Waals surface area contributed by atoms with Crippen LogP contribution in [0.4, 0.5) is 0 Å². The first kappa shape index (κ1) is 18.6. The molecule has 0 aliphatic heterocycles. The molecule has 1 unspecified atom stereocenters. The first-order chi connectivity index (χ1) is 12.0. The van der Waals surface area contributed by atoms with Gasteiger partial charge in [-0.2, -0.15) is 0 Å². The summed E-state index contributed by atoms with van der Waals surface area (Å²) >= 11 is 0. The third-order valence-corrected chi connectivity index (χ3v) is 3.98. The molecular formula is C21H25NO3. The molecule has 0 fully saturated rings. The Kier molecular flexibility index (Phi) is 6.63. The summed E-state index contributed by atoms with van der Waals surface area (Å²) in [6, 6.07) is 15.4. The van der Waals surface area contributed by atoms with Gasteiger partial charge in [-0.3, -0.25) is 4.79 Å². The highest BCUT2D eigenvalue weighted by Crippen LogP contribution is 2.26. The van der Waals surface area contributed by atoms with Crippen molar-refractivity contribution in [1.29, 1.82) is 0 Å². The standard InChI is InChI=1S/C21H25NO3/c1-15(2)21(17-8-6-5-7-9-17)22-20(23)13-11-16-10-12-18(24-3)14-19(16)25-4/h5-15,21H,1-4H3,(H,22,23)/b13-11+. The van der Waals surface area contributed by atoms with E-state index >= 15 is 0 Å². The summed E-state index contributed by atoms with van der Waals surface area (Å²) in [6.07, 6.45) is 3.28. The Morgan fingerprint density at radius 2 is 1.76 bits per heavy atom. The maximum atomic E-state index is 12.4. The van der Waals surface area contributed by atoms with Crippen LogP contribution in [-0.2, 0) is 4.79 Å². The van der Waals surface area contributed by atoms with Crippen molar-refractivity contribution in [3.8, 4) is 11.5 Å². The Labute approximate surface area is 149 Å². The van der Waals surface area contributed by atoms with E-state index in [4.69, 9.17) is 9.47 Å². The fourth-order valence-corrected chi connectivity index (χ4v) is 2.62. The van der Waals surface area contributed by atoms with Crippen LogP contribution in [0, 0.1) is 5.92 Å². The Bertz CT molecular complexity index is 723. The number of ether oxygens (including phenoxy) is 2. The van der Waals surface area contributed by atoms with Crippen molar-refractivity contribution < 1.29 is 14.3 Å². The molecule has 1 atom stereocenters. The third-order valence-electron chi connectivity index (χ3n) is 3.98. The zero-order valence-electron chi connectivity index (χ0n) is 15.2. The van der Waals surface area contributed by atoms with Crippen molar-refractivity contribution in [3.63, 3.8) is 0 Å². The fourth-order valence-electron chi connectivity index (χ4n) is 2.62. The van der Waals surface area contributed by atoms with Gasteiger partial charge in [-0.15, -0.1) is 0 Å². The number of carbonyl (C=O) groups is 1. The maximum absolute atomic E-state index is 12.4. The van der Waals surface area contributed by atoms with E-state index in [9.17, 15) is 4.79 Å². The lowest BCUT2D eigenvalue weighted by Crippen LogP contribution is -2.30. The van der Waals surface area contributed by atoms with Crippen molar-refractivity contribution in [3.05, 3.63) is 65.7 Å². The summed E-state index contributed by atoms with van der Waals surface area (Å²) in [4.78, 5) is 12.4. The predicted molar refractivity (Wildman–Crippen MR) is 101 cm³/mol. The minimum atomic E-state index is -0.138. The summed E-state index contributed by atoms with van der Waals surface area (Å²) in [5.74, 6) is 1.52. The van der Waals surface area contributed by atoms with Crippen molar-refractivity contribution in [2.75, 3.05) is 14.2 Å². The number of rotatable bonds is 7. The van der Waals surface area contributed by atoms with Crippen molar-refractivity contribution in [1.82, 2.24) is 5.32 Å². The number of nitrogens with one attached hydrogen (secondary N) is 1. The molecule has 2 rings (SSSR count). The minimum absolute atomic E-state index is 0.0314. The van der Waals surface area contributed by atoms with E-state index in [1.165, 1.54) is 6.08 Å². The van der Waals surface area contributed by atoms with Crippen LogP contribution >= 0.6 is 0 Å². The van der Waals surface area contributed by atoms with Crippen LogP contribution in [0.15, 0.2) is 54.6 Å². The SMILES string of the molecule is COc1ccc(/C=C/C(=O)NC(c2ccccc2)C(C)C)c(OC)c1. The minimum Gasteiger partial charge on any atom is -0.497 e. The second kappa shape index (κ2) is 8.92. The van der Waals surface area contributed by atoms with Crippen LogP contribution in [0.5, 0.6) is 11.5 Å². The number of benzene rings is 2. The smallest absolute Gasteiger partial charge is 0.244 e. The number of hydrogen-bond donors (Lipinski definition) is 1. The summed E-state index contributed by atoms with van der Waals surface area (Å²) in [6.45, 7) is 4.18. The number of methoxy groups -OCH3 is 2. The van der Waals surface area contributed by atoms with Gasteiger partial charge in [0.15, 0.2) is 0 Å². The van der Waals surface area contributed by atoms with Gasteiger partial charge >= 0.3 is 0 Å². The van der Waals surface area contributed by atoms with Crippen LogP contribution in [0.2, 0.25) is 0 Å². The normalized spacial score (nSPS) is 12.2. The molecule has 0 radical (unpaired) electrons. The number of amides is 1. The molecule has 25 heavy (non-hydrogen) atoms. The molecule has 2 aromatic carbocycles. The Morgan fingerprint density at radius 1 is 1.04 bits per heavy atom. The van der Waals surface area contributed by atoms with Gasteiger partial charge in [-0.25, -0.2) is 0 Å². The molecule has 0 aliphatic carbocycles. The van der Waals surface area contributed by atoms with Gasteiger partial charge in [-0.1, -0.05) is 44.2 Å². The molecule has 1 amide bonds.